The lowest BCUT2D eigenvalue weighted by molar-refractivity contribution is 0.0853. The molecular weight excluding hydrogens is 270 g/mol. The van der Waals surface area contributed by atoms with E-state index in [4.69, 9.17) is 4.74 Å². The summed E-state index contributed by atoms with van der Waals surface area (Å²) in [6.45, 7) is 1.72. The second-order valence-electron chi connectivity index (χ2n) is 4.03. The van der Waals surface area contributed by atoms with Gasteiger partial charge in [0.2, 0.25) is 0 Å². The fraction of sp³-hybridized carbons (Fsp3) is 0.455. The third-order valence-electron chi connectivity index (χ3n) is 3.05. The van der Waals surface area contributed by atoms with Gasteiger partial charge in [0.15, 0.2) is 5.65 Å². The van der Waals surface area contributed by atoms with E-state index in [1.807, 2.05) is 0 Å². The number of fused-ring (bicyclic) bond motifs is 1. The molecule has 0 N–H and O–H groups in total. The van der Waals surface area contributed by atoms with Crippen molar-refractivity contribution in [3.63, 3.8) is 0 Å². The van der Waals surface area contributed by atoms with Crippen LogP contribution in [0.3, 0.4) is 0 Å². The molecule has 1 aliphatic rings. The van der Waals surface area contributed by atoms with Crippen LogP contribution in [0.5, 0.6) is 0 Å². The summed E-state index contributed by atoms with van der Waals surface area (Å²) in [7, 11) is 0. The Balaban J connectivity index is 2.02. The molecule has 0 atom stereocenters. The topological polar surface area (TPSA) is 39.4 Å². The van der Waals surface area contributed by atoms with Crippen LogP contribution in [0.15, 0.2) is 23.1 Å². The van der Waals surface area contributed by atoms with Crippen molar-refractivity contribution in [1.82, 2.24) is 14.6 Å². The SMILES string of the molecule is Brc1cc(C2CCOCC2)cc2ncnn12. The van der Waals surface area contributed by atoms with Gasteiger partial charge < -0.3 is 4.74 Å². The van der Waals surface area contributed by atoms with Gasteiger partial charge >= 0.3 is 0 Å². The van der Waals surface area contributed by atoms with Crippen LogP contribution in [-0.2, 0) is 4.74 Å². The highest BCUT2D eigenvalue weighted by molar-refractivity contribution is 9.10. The summed E-state index contributed by atoms with van der Waals surface area (Å²) < 4.78 is 8.14. The highest BCUT2D eigenvalue weighted by Crippen LogP contribution is 2.29. The summed E-state index contributed by atoms with van der Waals surface area (Å²) in [5.41, 5.74) is 2.23. The fourth-order valence-corrected chi connectivity index (χ4v) is 2.71. The molecule has 0 unspecified atom stereocenters. The van der Waals surface area contributed by atoms with Gasteiger partial charge in [-0.05, 0) is 52.4 Å². The van der Waals surface area contributed by atoms with Crippen LogP contribution in [0, 0.1) is 0 Å². The third-order valence-corrected chi connectivity index (χ3v) is 3.62. The van der Waals surface area contributed by atoms with Crippen LogP contribution in [0.4, 0.5) is 0 Å². The zero-order valence-electron chi connectivity index (χ0n) is 8.77. The number of rotatable bonds is 1. The Morgan fingerprint density at radius 2 is 2.12 bits per heavy atom. The maximum absolute atomic E-state index is 5.38. The maximum Gasteiger partial charge on any atom is 0.156 e. The van der Waals surface area contributed by atoms with Crippen LogP contribution < -0.4 is 0 Å². The predicted octanol–water partition coefficient (Wildman–Crippen LogP) is 2.39. The van der Waals surface area contributed by atoms with E-state index in [1.165, 1.54) is 5.56 Å². The Hall–Kier alpha value is -0.940. The number of ether oxygens (including phenoxy) is 1. The Bertz CT molecular complexity index is 505. The van der Waals surface area contributed by atoms with Crippen molar-refractivity contribution in [1.29, 1.82) is 0 Å². The smallest absolute Gasteiger partial charge is 0.156 e. The number of hydrogen-bond donors (Lipinski definition) is 0. The van der Waals surface area contributed by atoms with Crippen LogP contribution in [0.25, 0.3) is 5.65 Å². The van der Waals surface area contributed by atoms with E-state index in [2.05, 4.69) is 38.1 Å². The molecule has 3 heterocycles. The van der Waals surface area contributed by atoms with E-state index >= 15 is 0 Å². The van der Waals surface area contributed by atoms with E-state index in [1.54, 1.807) is 10.8 Å². The molecule has 1 aliphatic heterocycles. The number of halogens is 1. The highest BCUT2D eigenvalue weighted by atomic mass is 79.9. The van der Waals surface area contributed by atoms with Crippen molar-refractivity contribution in [2.24, 2.45) is 0 Å². The lowest BCUT2D eigenvalue weighted by Crippen LogP contribution is -2.14. The summed E-state index contributed by atoms with van der Waals surface area (Å²) in [4.78, 5) is 4.23. The first-order chi connectivity index (χ1) is 7.84. The first-order valence-corrected chi connectivity index (χ1v) is 6.21. The highest BCUT2D eigenvalue weighted by Gasteiger charge is 2.17. The lowest BCUT2D eigenvalue weighted by Gasteiger charge is -2.22. The minimum absolute atomic E-state index is 0.590. The van der Waals surface area contributed by atoms with Crippen molar-refractivity contribution in [3.8, 4) is 0 Å². The first-order valence-electron chi connectivity index (χ1n) is 5.41. The van der Waals surface area contributed by atoms with Crippen molar-refractivity contribution in [2.75, 3.05) is 13.2 Å². The molecule has 0 aromatic carbocycles. The lowest BCUT2D eigenvalue weighted by atomic mass is 9.92. The molecule has 0 spiro atoms. The van der Waals surface area contributed by atoms with Gasteiger partial charge in [0.1, 0.15) is 10.9 Å². The van der Waals surface area contributed by atoms with Gasteiger partial charge in [-0.3, -0.25) is 0 Å². The molecule has 0 bridgehead atoms. The van der Waals surface area contributed by atoms with E-state index in [0.29, 0.717) is 5.92 Å². The maximum atomic E-state index is 5.38. The molecule has 1 saturated heterocycles. The Labute approximate surface area is 102 Å². The van der Waals surface area contributed by atoms with Gasteiger partial charge in [-0.25, -0.2) is 9.50 Å². The largest absolute Gasteiger partial charge is 0.381 e. The van der Waals surface area contributed by atoms with E-state index in [0.717, 1.165) is 36.3 Å². The quantitative estimate of drug-likeness (QED) is 0.754. The molecule has 0 radical (unpaired) electrons. The van der Waals surface area contributed by atoms with E-state index < -0.39 is 0 Å². The molecule has 0 saturated carbocycles. The number of hydrogen-bond acceptors (Lipinski definition) is 3. The molecule has 4 nitrogen and oxygen atoms in total. The van der Waals surface area contributed by atoms with Gasteiger partial charge in [0.25, 0.3) is 0 Å². The second-order valence-corrected chi connectivity index (χ2v) is 4.84. The number of aromatic nitrogens is 3. The van der Waals surface area contributed by atoms with E-state index in [-0.39, 0.29) is 0 Å². The van der Waals surface area contributed by atoms with Crippen LogP contribution in [0.2, 0.25) is 0 Å². The molecule has 16 heavy (non-hydrogen) atoms. The van der Waals surface area contributed by atoms with Crippen molar-refractivity contribution in [2.45, 2.75) is 18.8 Å². The molecule has 84 valence electrons. The molecule has 3 rings (SSSR count). The average Bonchev–Trinajstić information content (AvgIpc) is 2.79. The minimum atomic E-state index is 0.590. The Kier molecular flexibility index (Phi) is 2.65. The van der Waals surface area contributed by atoms with Gasteiger partial charge in [-0.1, -0.05) is 0 Å². The van der Waals surface area contributed by atoms with Crippen LogP contribution in [0.1, 0.15) is 24.3 Å². The summed E-state index contributed by atoms with van der Waals surface area (Å²) in [6, 6.07) is 4.26. The summed E-state index contributed by atoms with van der Waals surface area (Å²) >= 11 is 3.52. The monoisotopic (exact) mass is 281 g/mol. The summed E-state index contributed by atoms with van der Waals surface area (Å²) in [6.07, 6.45) is 3.77. The molecule has 2 aromatic rings. The number of pyridine rings is 1. The Morgan fingerprint density at radius 1 is 1.31 bits per heavy atom. The zero-order chi connectivity index (χ0) is 11.0. The second kappa shape index (κ2) is 4.14. The third kappa shape index (κ3) is 1.74. The van der Waals surface area contributed by atoms with Gasteiger partial charge in [-0.15, -0.1) is 0 Å². The van der Waals surface area contributed by atoms with Crippen molar-refractivity contribution in [3.05, 3.63) is 28.6 Å². The summed E-state index contributed by atoms with van der Waals surface area (Å²) in [5.74, 6) is 0.590. The minimum Gasteiger partial charge on any atom is -0.381 e. The molecule has 0 amide bonds. The van der Waals surface area contributed by atoms with E-state index in [9.17, 15) is 0 Å². The van der Waals surface area contributed by atoms with Gasteiger partial charge in [0, 0.05) is 13.2 Å². The summed E-state index contributed by atoms with van der Waals surface area (Å²) in [5, 5.41) is 4.14. The van der Waals surface area contributed by atoms with Crippen molar-refractivity contribution >= 4 is 21.6 Å². The van der Waals surface area contributed by atoms with Gasteiger partial charge in [0.05, 0.1) is 0 Å². The molecular formula is C11H12BrN3O. The van der Waals surface area contributed by atoms with Crippen LogP contribution in [-0.4, -0.2) is 27.8 Å². The standard InChI is InChI=1S/C11H12BrN3O/c12-10-5-9(8-1-3-16-4-2-8)6-11-13-7-14-15(10)11/h5-8H,1-4H2. The molecule has 2 aromatic heterocycles. The van der Waals surface area contributed by atoms with Gasteiger partial charge in [-0.2, -0.15) is 5.10 Å². The normalized spacial score (nSPS) is 18.1. The molecule has 0 aliphatic carbocycles. The number of nitrogens with zero attached hydrogens (tertiary/aromatic N) is 3. The van der Waals surface area contributed by atoms with Crippen LogP contribution >= 0.6 is 15.9 Å². The van der Waals surface area contributed by atoms with Crippen molar-refractivity contribution < 1.29 is 4.74 Å². The molecule has 1 fully saturated rings. The fourth-order valence-electron chi connectivity index (χ4n) is 2.17. The molecule has 5 heteroatoms. The predicted molar refractivity (Wildman–Crippen MR) is 63.5 cm³/mol. The zero-order valence-corrected chi connectivity index (χ0v) is 10.4. The first kappa shape index (κ1) is 10.2. The average molecular weight is 282 g/mol. The Morgan fingerprint density at radius 3 is 2.94 bits per heavy atom.